The molecule has 5 rings (SSSR count). The minimum absolute atomic E-state index is 0.0298. The normalized spacial score (nSPS) is 23.8. The standard InChI is InChI=1S/C30H40N4O6S2/c1-18(2)33-12-11-22-23(15-33)41-27(24(22)26(36)32-28(37)40-6)31-25(35)19-7-9-21(10-8-19)42(38,39)34-17-30(5)14-20(34)13-29(3,4)16-30/h7-10,18,20H,11-17H2,1-6H3,(H,31,35)(H,32,36,37). The Morgan fingerprint density at radius 3 is 2.40 bits per heavy atom. The number of alkyl carbamates (subject to hydrolysis) is 1. The van der Waals surface area contributed by atoms with Gasteiger partial charge in [0, 0.05) is 42.2 Å². The number of nitrogens with one attached hydrogen (secondary N) is 2. The van der Waals surface area contributed by atoms with Crippen LogP contribution in [0.4, 0.5) is 9.80 Å². The number of ether oxygens (including phenoxy) is 1. The number of nitrogens with zero attached hydrogens (tertiary/aromatic N) is 2. The van der Waals surface area contributed by atoms with Crippen molar-refractivity contribution < 1.29 is 27.5 Å². The summed E-state index contributed by atoms with van der Waals surface area (Å²) in [4.78, 5) is 41.6. The Labute approximate surface area is 251 Å². The number of methoxy groups -OCH3 is 1. The molecule has 2 aromatic rings. The van der Waals surface area contributed by atoms with E-state index < -0.39 is 27.9 Å². The predicted octanol–water partition coefficient (Wildman–Crippen LogP) is 4.85. The largest absolute Gasteiger partial charge is 0.453 e. The molecule has 42 heavy (non-hydrogen) atoms. The van der Waals surface area contributed by atoms with E-state index in [0.29, 0.717) is 30.6 Å². The van der Waals surface area contributed by atoms with E-state index in [-0.39, 0.29) is 32.9 Å². The van der Waals surface area contributed by atoms with E-state index in [1.54, 1.807) is 4.31 Å². The van der Waals surface area contributed by atoms with E-state index in [2.05, 4.69) is 54.9 Å². The number of carbonyl (C=O) groups is 3. The van der Waals surface area contributed by atoms with E-state index in [1.807, 2.05) is 0 Å². The Morgan fingerprint density at radius 2 is 1.76 bits per heavy atom. The Kier molecular flexibility index (Phi) is 8.06. The maximum absolute atomic E-state index is 13.7. The van der Waals surface area contributed by atoms with Crippen LogP contribution in [0.2, 0.25) is 0 Å². The summed E-state index contributed by atoms with van der Waals surface area (Å²) >= 11 is 1.31. The summed E-state index contributed by atoms with van der Waals surface area (Å²) in [7, 11) is -2.55. The Bertz CT molecular complexity index is 1510. The predicted molar refractivity (Wildman–Crippen MR) is 161 cm³/mol. The molecule has 1 aromatic carbocycles. The highest BCUT2D eigenvalue weighted by molar-refractivity contribution is 7.89. The van der Waals surface area contributed by atoms with Crippen LogP contribution in [0.15, 0.2) is 29.2 Å². The number of imide groups is 1. The molecule has 0 spiro atoms. The molecule has 2 atom stereocenters. The van der Waals surface area contributed by atoms with Crippen molar-refractivity contribution in [1.29, 1.82) is 0 Å². The van der Waals surface area contributed by atoms with Gasteiger partial charge in [0.15, 0.2) is 0 Å². The lowest BCUT2D eigenvalue weighted by Crippen LogP contribution is -2.37. The van der Waals surface area contributed by atoms with Crippen molar-refractivity contribution in [1.82, 2.24) is 14.5 Å². The van der Waals surface area contributed by atoms with Gasteiger partial charge in [-0.25, -0.2) is 13.2 Å². The minimum Gasteiger partial charge on any atom is -0.453 e. The summed E-state index contributed by atoms with van der Waals surface area (Å²) < 4.78 is 33.6. The lowest BCUT2D eigenvalue weighted by atomic mass is 9.65. The average Bonchev–Trinajstić information content (AvgIpc) is 3.40. The molecule has 2 unspecified atom stereocenters. The van der Waals surface area contributed by atoms with E-state index in [0.717, 1.165) is 36.2 Å². The first-order chi connectivity index (χ1) is 19.6. The molecule has 0 radical (unpaired) electrons. The van der Waals surface area contributed by atoms with Crippen molar-refractivity contribution in [2.24, 2.45) is 10.8 Å². The first-order valence-corrected chi connectivity index (χ1v) is 16.6. The number of thiophene rings is 1. The van der Waals surface area contributed by atoms with E-state index in [1.165, 1.54) is 42.7 Å². The van der Waals surface area contributed by atoms with Gasteiger partial charge in [-0.1, -0.05) is 20.8 Å². The van der Waals surface area contributed by atoms with E-state index in [9.17, 15) is 22.8 Å². The van der Waals surface area contributed by atoms with Crippen molar-refractivity contribution in [2.45, 2.75) is 83.8 Å². The van der Waals surface area contributed by atoms with Crippen LogP contribution in [-0.4, -0.2) is 67.8 Å². The highest BCUT2D eigenvalue weighted by Gasteiger charge is 2.53. The fourth-order valence-corrected chi connectivity index (χ4v) is 10.2. The molecule has 2 fully saturated rings. The van der Waals surface area contributed by atoms with Gasteiger partial charge >= 0.3 is 6.09 Å². The molecule has 1 aromatic heterocycles. The van der Waals surface area contributed by atoms with Crippen LogP contribution in [-0.2, 0) is 27.7 Å². The third-order valence-corrected chi connectivity index (χ3v) is 11.8. The second-order valence-corrected chi connectivity index (χ2v) is 16.2. The third-order valence-electron chi connectivity index (χ3n) is 8.76. The molecule has 10 nitrogen and oxygen atoms in total. The monoisotopic (exact) mass is 616 g/mol. The molecule has 3 amide bonds. The number of fused-ring (bicyclic) bond motifs is 3. The fraction of sp³-hybridized carbons (Fsp3) is 0.567. The number of sulfonamides is 1. The van der Waals surface area contributed by atoms with Crippen LogP contribution < -0.4 is 10.6 Å². The number of amides is 3. The van der Waals surface area contributed by atoms with Crippen molar-refractivity contribution >= 4 is 44.3 Å². The second kappa shape index (κ2) is 11.0. The molecule has 2 bridgehead atoms. The van der Waals surface area contributed by atoms with Crippen LogP contribution in [0.25, 0.3) is 0 Å². The molecule has 3 heterocycles. The summed E-state index contributed by atoms with van der Waals surface area (Å²) in [6, 6.07) is 6.24. The van der Waals surface area contributed by atoms with Crippen molar-refractivity contribution in [3.8, 4) is 0 Å². The smallest absolute Gasteiger partial charge is 0.413 e. The molecular formula is C30H40N4O6S2. The average molecular weight is 617 g/mol. The molecule has 1 aliphatic carbocycles. The van der Waals surface area contributed by atoms with Gasteiger partial charge in [-0.05, 0) is 80.2 Å². The van der Waals surface area contributed by atoms with Crippen LogP contribution in [0.3, 0.4) is 0 Å². The molecule has 1 saturated heterocycles. The van der Waals surface area contributed by atoms with Crippen molar-refractivity contribution in [3.05, 3.63) is 45.8 Å². The highest BCUT2D eigenvalue weighted by Crippen LogP contribution is 2.53. The quantitative estimate of drug-likeness (QED) is 0.475. The van der Waals surface area contributed by atoms with Gasteiger partial charge in [0.05, 0.1) is 17.6 Å². The van der Waals surface area contributed by atoms with Gasteiger partial charge in [-0.2, -0.15) is 4.31 Å². The zero-order valence-electron chi connectivity index (χ0n) is 25.1. The summed E-state index contributed by atoms with van der Waals surface area (Å²) in [6.07, 6.45) is 2.40. The Morgan fingerprint density at radius 1 is 1.07 bits per heavy atom. The van der Waals surface area contributed by atoms with Crippen LogP contribution in [0.5, 0.6) is 0 Å². The minimum atomic E-state index is -3.73. The SMILES string of the molecule is COC(=O)NC(=O)c1c(NC(=O)c2ccc(S(=O)(=O)N3CC4(C)CC3CC(C)(C)C4)cc2)sc2c1CCN(C(C)C)C2. The lowest BCUT2D eigenvalue weighted by molar-refractivity contribution is 0.0936. The van der Waals surface area contributed by atoms with E-state index in [4.69, 9.17) is 0 Å². The zero-order valence-corrected chi connectivity index (χ0v) is 26.7. The van der Waals surface area contributed by atoms with Gasteiger partial charge in [-0.15, -0.1) is 11.3 Å². The molecule has 1 saturated carbocycles. The number of anilines is 1. The third kappa shape index (κ3) is 5.86. The Balaban J connectivity index is 1.37. The fourth-order valence-electron chi connectivity index (χ4n) is 7.18. The number of rotatable bonds is 6. The van der Waals surface area contributed by atoms with Gasteiger partial charge in [0.1, 0.15) is 5.00 Å². The van der Waals surface area contributed by atoms with Crippen molar-refractivity contribution in [2.75, 3.05) is 25.5 Å². The lowest BCUT2D eigenvalue weighted by Gasteiger charge is -2.39. The summed E-state index contributed by atoms with van der Waals surface area (Å²) in [6.45, 7) is 12.7. The van der Waals surface area contributed by atoms with Crippen LogP contribution >= 0.6 is 11.3 Å². The zero-order chi connectivity index (χ0) is 30.6. The topological polar surface area (TPSA) is 125 Å². The van der Waals surface area contributed by atoms with Crippen LogP contribution in [0, 0.1) is 10.8 Å². The number of hydrogen-bond donors (Lipinski definition) is 2. The van der Waals surface area contributed by atoms with Gasteiger partial charge in [0.25, 0.3) is 11.8 Å². The number of benzene rings is 1. The van der Waals surface area contributed by atoms with Crippen molar-refractivity contribution in [3.63, 3.8) is 0 Å². The van der Waals surface area contributed by atoms with Crippen LogP contribution in [0.1, 0.15) is 85.0 Å². The first kappa shape index (κ1) is 30.7. The highest BCUT2D eigenvalue weighted by atomic mass is 32.2. The van der Waals surface area contributed by atoms with E-state index >= 15 is 0 Å². The molecule has 2 N–H and O–H groups in total. The molecule has 228 valence electrons. The van der Waals surface area contributed by atoms with Gasteiger partial charge in [0.2, 0.25) is 10.0 Å². The van der Waals surface area contributed by atoms with Gasteiger partial charge < -0.3 is 10.1 Å². The number of hydrogen-bond acceptors (Lipinski definition) is 8. The maximum atomic E-state index is 13.7. The molecular weight excluding hydrogens is 576 g/mol. The molecule has 3 aliphatic rings. The summed E-state index contributed by atoms with van der Waals surface area (Å²) in [5.41, 5.74) is 1.38. The maximum Gasteiger partial charge on any atom is 0.413 e. The molecule has 12 heteroatoms. The summed E-state index contributed by atoms with van der Waals surface area (Å²) in [5.74, 6) is -1.11. The molecule has 2 aliphatic heterocycles. The number of carbonyl (C=O) groups excluding carboxylic acids is 3. The summed E-state index contributed by atoms with van der Waals surface area (Å²) in [5, 5.41) is 5.40. The van der Waals surface area contributed by atoms with Gasteiger partial charge in [-0.3, -0.25) is 19.8 Å². The second-order valence-electron chi connectivity index (χ2n) is 13.2. The first-order valence-electron chi connectivity index (χ1n) is 14.3. The Hall–Kier alpha value is -2.80.